The van der Waals surface area contributed by atoms with Crippen LogP contribution in [-0.4, -0.2) is 63.2 Å². The Morgan fingerprint density at radius 1 is 1.10 bits per heavy atom. The predicted octanol–water partition coefficient (Wildman–Crippen LogP) is 3.73. The van der Waals surface area contributed by atoms with Crippen molar-refractivity contribution in [3.8, 4) is 11.5 Å². The average molecular weight is 397 g/mol. The van der Waals surface area contributed by atoms with Gasteiger partial charge in [0.2, 0.25) is 0 Å². The van der Waals surface area contributed by atoms with Crippen LogP contribution in [-0.2, 0) is 6.42 Å². The number of ether oxygens (including phenoxy) is 2. The topological polar surface area (TPSA) is 42.0 Å². The Hall–Kier alpha value is -2.53. The van der Waals surface area contributed by atoms with Crippen LogP contribution in [0.1, 0.15) is 28.8 Å². The molecule has 3 rings (SSSR count). The second kappa shape index (κ2) is 10.3. The number of nitrogens with zero attached hydrogens (tertiary/aromatic N) is 2. The van der Waals surface area contributed by atoms with Crippen molar-refractivity contribution in [2.24, 2.45) is 5.92 Å². The molecule has 156 valence electrons. The molecule has 29 heavy (non-hydrogen) atoms. The largest absolute Gasteiger partial charge is 0.497 e. The number of methoxy groups -OCH3 is 2. The molecule has 1 amide bonds. The molecule has 0 bridgehead atoms. The van der Waals surface area contributed by atoms with E-state index >= 15 is 0 Å². The lowest BCUT2D eigenvalue weighted by Gasteiger charge is -2.34. The van der Waals surface area contributed by atoms with Crippen LogP contribution < -0.4 is 9.47 Å². The van der Waals surface area contributed by atoms with E-state index in [1.54, 1.807) is 14.2 Å². The summed E-state index contributed by atoms with van der Waals surface area (Å²) < 4.78 is 10.6. The molecule has 1 heterocycles. The summed E-state index contributed by atoms with van der Waals surface area (Å²) in [6, 6.07) is 15.6. The molecule has 0 aromatic heterocycles. The van der Waals surface area contributed by atoms with Gasteiger partial charge in [-0.05, 0) is 67.6 Å². The Bertz CT molecular complexity index is 791. The van der Waals surface area contributed by atoms with Gasteiger partial charge in [0.1, 0.15) is 11.5 Å². The highest BCUT2D eigenvalue weighted by Gasteiger charge is 2.23. The van der Waals surface area contributed by atoms with Crippen LogP contribution in [0.3, 0.4) is 0 Å². The molecule has 2 aromatic carbocycles. The molecule has 1 saturated heterocycles. The van der Waals surface area contributed by atoms with E-state index < -0.39 is 0 Å². The molecule has 0 unspecified atom stereocenters. The molecule has 0 radical (unpaired) electrons. The van der Waals surface area contributed by atoms with Crippen LogP contribution in [0, 0.1) is 5.92 Å². The van der Waals surface area contributed by atoms with Crippen LogP contribution in [0.2, 0.25) is 0 Å². The average Bonchev–Trinajstić information content (AvgIpc) is 2.77. The molecule has 1 aliphatic rings. The standard InChI is InChI=1S/C24H32N2O3/c1-25(24(27)21-10-12-22(28-2)13-11-21)17-19-7-6-15-26(18-19)16-14-20-8-4-5-9-23(20)29-3/h4-5,8-13,19H,6-7,14-18H2,1-3H3/t19-/m1/s1. The molecule has 1 atom stereocenters. The van der Waals surface area contributed by atoms with Gasteiger partial charge in [0.05, 0.1) is 14.2 Å². The van der Waals surface area contributed by atoms with Gasteiger partial charge in [0.15, 0.2) is 0 Å². The van der Waals surface area contributed by atoms with E-state index in [1.165, 1.54) is 18.4 Å². The molecule has 5 nitrogen and oxygen atoms in total. The Kier molecular flexibility index (Phi) is 7.53. The van der Waals surface area contributed by atoms with Crippen molar-refractivity contribution in [1.82, 2.24) is 9.80 Å². The second-order valence-corrected chi connectivity index (χ2v) is 7.78. The summed E-state index contributed by atoms with van der Waals surface area (Å²) in [6.45, 7) is 3.97. The van der Waals surface area contributed by atoms with Crippen molar-refractivity contribution in [3.63, 3.8) is 0 Å². The number of piperidine rings is 1. The van der Waals surface area contributed by atoms with Gasteiger partial charge in [-0.3, -0.25) is 4.79 Å². The van der Waals surface area contributed by atoms with E-state index in [0.717, 1.165) is 44.1 Å². The Balaban J connectivity index is 1.51. The van der Waals surface area contributed by atoms with E-state index in [2.05, 4.69) is 17.0 Å². The number of likely N-dealkylation sites (tertiary alicyclic amines) is 1. The number of amides is 1. The quantitative estimate of drug-likeness (QED) is 0.682. The van der Waals surface area contributed by atoms with E-state index in [9.17, 15) is 4.79 Å². The minimum atomic E-state index is 0.0683. The predicted molar refractivity (Wildman–Crippen MR) is 116 cm³/mol. The molecule has 0 spiro atoms. The summed E-state index contributed by atoms with van der Waals surface area (Å²) >= 11 is 0. The SMILES string of the molecule is COc1ccc(C(=O)N(C)C[C@H]2CCCN(CCc3ccccc3OC)C2)cc1. The first kappa shape index (κ1) is 21.2. The Morgan fingerprint density at radius 2 is 1.86 bits per heavy atom. The van der Waals surface area contributed by atoms with E-state index in [-0.39, 0.29) is 5.91 Å². The first-order valence-corrected chi connectivity index (χ1v) is 10.3. The zero-order chi connectivity index (χ0) is 20.6. The Morgan fingerprint density at radius 3 is 2.59 bits per heavy atom. The van der Waals surface area contributed by atoms with E-state index in [4.69, 9.17) is 9.47 Å². The van der Waals surface area contributed by atoms with Gasteiger partial charge in [-0.25, -0.2) is 0 Å². The number of benzene rings is 2. The van der Waals surface area contributed by atoms with Crippen LogP contribution in [0.25, 0.3) is 0 Å². The zero-order valence-electron chi connectivity index (χ0n) is 17.8. The van der Waals surface area contributed by atoms with Crippen molar-refractivity contribution in [2.75, 3.05) is 47.4 Å². The first-order chi connectivity index (χ1) is 14.1. The maximum absolute atomic E-state index is 12.7. The highest BCUT2D eigenvalue weighted by atomic mass is 16.5. The number of rotatable bonds is 8. The smallest absolute Gasteiger partial charge is 0.253 e. The van der Waals surface area contributed by atoms with Gasteiger partial charge in [0.25, 0.3) is 5.91 Å². The van der Waals surface area contributed by atoms with Gasteiger partial charge in [-0.15, -0.1) is 0 Å². The van der Waals surface area contributed by atoms with E-state index in [1.807, 2.05) is 48.3 Å². The lowest BCUT2D eigenvalue weighted by atomic mass is 9.96. The lowest BCUT2D eigenvalue weighted by Crippen LogP contribution is -2.42. The molecule has 0 N–H and O–H groups in total. The van der Waals surface area contributed by atoms with E-state index in [0.29, 0.717) is 11.5 Å². The fraction of sp³-hybridized carbons (Fsp3) is 0.458. The summed E-state index contributed by atoms with van der Waals surface area (Å²) in [7, 11) is 5.26. The second-order valence-electron chi connectivity index (χ2n) is 7.78. The van der Waals surface area contributed by atoms with Crippen molar-refractivity contribution < 1.29 is 14.3 Å². The van der Waals surface area contributed by atoms with Gasteiger partial charge in [-0.1, -0.05) is 18.2 Å². The minimum absolute atomic E-state index is 0.0683. The van der Waals surface area contributed by atoms with Gasteiger partial charge >= 0.3 is 0 Å². The highest BCUT2D eigenvalue weighted by molar-refractivity contribution is 5.94. The summed E-state index contributed by atoms with van der Waals surface area (Å²) in [6.07, 6.45) is 3.34. The van der Waals surface area contributed by atoms with Crippen LogP contribution >= 0.6 is 0 Å². The summed E-state index contributed by atoms with van der Waals surface area (Å²) in [5.74, 6) is 2.31. The third-order valence-corrected chi connectivity index (χ3v) is 5.71. The van der Waals surface area contributed by atoms with Gasteiger partial charge in [-0.2, -0.15) is 0 Å². The normalized spacial score (nSPS) is 17.0. The molecular formula is C24H32N2O3. The monoisotopic (exact) mass is 396 g/mol. The van der Waals surface area contributed by atoms with Crippen LogP contribution in [0.4, 0.5) is 0 Å². The number of carbonyl (C=O) groups is 1. The fourth-order valence-corrected chi connectivity index (χ4v) is 4.12. The number of carbonyl (C=O) groups excluding carboxylic acids is 1. The molecule has 1 aliphatic heterocycles. The molecule has 5 heteroatoms. The molecular weight excluding hydrogens is 364 g/mol. The lowest BCUT2D eigenvalue weighted by molar-refractivity contribution is 0.0730. The van der Waals surface area contributed by atoms with Crippen LogP contribution in [0.5, 0.6) is 11.5 Å². The Labute approximate surface area is 174 Å². The van der Waals surface area contributed by atoms with Crippen molar-refractivity contribution >= 4 is 5.91 Å². The van der Waals surface area contributed by atoms with Crippen molar-refractivity contribution in [3.05, 3.63) is 59.7 Å². The molecule has 2 aromatic rings. The highest BCUT2D eigenvalue weighted by Crippen LogP contribution is 2.22. The van der Waals surface area contributed by atoms with Crippen molar-refractivity contribution in [1.29, 1.82) is 0 Å². The number of hydrogen-bond donors (Lipinski definition) is 0. The van der Waals surface area contributed by atoms with Crippen molar-refractivity contribution in [2.45, 2.75) is 19.3 Å². The summed E-state index contributed by atoms with van der Waals surface area (Å²) in [5, 5.41) is 0. The number of para-hydroxylation sites is 1. The third-order valence-electron chi connectivity index (χ3n) is 5.71. The number of hydrogen-bond acceptors (Lipinski definition) is 4. The van der Waals surface area contributed by atoms with Crippen LogP contribution in [0.15, 0.2) is 48.5 Å². The maximum atomic E-state index is 12.7. The van der Waals surface area contributed by atoms with Gasteiger partial charge in [0, 0.05) is 32.2 Å². The zero-order valence-corrected chi connectivity index (χ0v) is 17.8. The molecule has 0 saturated carbocycles. The summed E-state index contributed by atoms with van der Waals surface area (Å²) in [4.78, 5) is 17.1. The summed E-state index contributed by atoms with van der Waals surface area (Å²) in [5.41, 5.74) is 1.96. The molecule has 1 fully saturated rings. The fourth-order valence-electron chi connectivity index (χ4n) is 4.12. The third kappa shape index (κ3) is 5.73. The minimum Gasteiger partial charge on any atom is -0.497 e. The molecule has 0 aliphatic carbocycles. The van der Waals surface area contributed by atoms with Gasteiger partial charge < -0.3 is 19.3 Å². The first-order valence-electron chi connectivity index (χ1n) is 10.3. The maximum Gasteiger partial charge on any atom is 0.253 e.